The predicted molar refractivity (Wildman–Crippen MR) is 63.6 cm³/mol. The van der Waals surface area contributed by atoms with Crippen LogP contribution in [0.5, 0.6) is 0 Å². The minimum absolute atomic E-state index is 0.230. The van der Waals surface area contributed by atoms with Crippen molar-refractivity contribution in [3.05, 3.63) is 29.6 Å². The van der Waals surface area contributed by atoms with Gasteiger partial charge in [-0.1, -0.05) is 0 Å². The molecule has 0 spiro atoms. The molecule has 1 aliphatic rings. The molecule has 1 saturated heterocycles. The second-order valence-corrected chi connectivity index (χ2v) is 4.34. The molecule has 4 heteroatoms. The van der Waals surface area contributed by atoms with Crippen molar-refractivity contribution < 1.29 is 9.13 Å². The lowest BCUT2D eigenvalue weighted by molar-refractivity contribution is 0.0989. The van der Waals surface area contributed by atoms with E-state index < -0.39 is 0 Å². The van der Waals surface area contributed by atoms with Crippen LogP contribution in [0, 0.1) is 5.82 Å². The second kappa shape index (κ2) is 5.02. The molecule has 1 aromatic rings. The molecule has 0 saturated carbocycles. The number of rotatable bonds is 2. The highest BCUT2D eigenvalue weighted by Crippen LogP contribution is 2.23. The second-order valence-electron chi connectivity index (χ2n) is 4.07. The van der Waals surface area contributed by atoms with Crippen molar-refractivity contribution in [3.63, 3.8) is 0 Å². The third-order valence-corrected chi connectivity index (χ3v) is 3.10. The molecule has 0 aliphatic carbocycles. The van der Waals surface area contributed by atoms with Gasteiger partial charge in [0.1, 0.15) is 5.82 Å². The van der Waals surface area contributed by atoms with Crippen LogP contribution in [0.25, 0.3) is 0 Å². The molecule has 16 heavy (non-hydrogen) atoms. The number of ether oxygens (including phenoxy) is 1. The van der Waals surface area contributed by atoms with Crippen molar-refractivity contribution in [3.8, 4) is 0 Å². The van der Waals surface area contributed by atoms with Crippen molar-refractivity contribution in [1.82, 2.24) is 0 Å². The highest BCUT2D eigenvalue weighted by Gasteiger charge is 2.19. The Hall–Kier alpha value is -0.800. The average molecular weight is 244 g/mol. The molecule has 0 bridgehead atoms. The van der Waals surface area contributed by atoms with Gasteiger partial charge in [-0.15, -0.1) is 11.6 Å². The minimum Gasteiger partial charge on any atom is -0.377 e. The van der Waals surface area contributed by atoms with E-state index in [-0.39, 0.29) is 11.9 Å². The third-order valence-electron chi connectivity index (χ3n) is 2.80. The number of morpholine rings is 1. The lowest BCUT2D eigenvalue weighted by atomic mass is 10.1. The highest BCUT2D eigenvalue weighted by atomic mass is 35.5. The maximum atomic E-state index is 13.4. The topological polar surface area (TPSA) is 12.5 Å². The Labute approximate surface area is 100.0 Å². The van der Waals surface area contributed by atoms with Gasteiger partial charge < -0.3 is 9.64 Å². The molecule has 1 aromatic carbocycles. The molecule has 88 valence electrons. The monoisotopic (exact) mass is 243 g/mol. The maximum absolute atomic E-state index is 13.4. The fraction of sp³-hybridized carbons (Fsp3) is 0.500. The van der Waals surface area contributed by atoms with Gasteiger partial charge in [0.05, 0.1) is 13.2 Å². The number of alkyl halides is 1. The van der Waals surface area contributed by atoms with Crippen molar-refractivity contribution in [1.29, 1.82) is 0 Å². The van der Waals surface area contributed by atoms with Gasteiger partial charge in [-0.25, -0.2) is 4.39 Å². The number of benzene rings is 1. The Kier molecular flexibility index (Phi) is 3.66. The van der Waals surface area contributed by atoms with E-state index in [0.29, 0.717) is 19.1 Å². The Morgan fingerprint density at radius 2 is 2.31 bits per heavy atom. The fourth-order valence-electron chi connectivity index (χ4n) is 1.99. The molecule has 1 aliphatic heterocycles. The van der Waals surface area contributed by atoms with Crippen LogP contribution in [0.1, 0.15) is 12.5 Å². The quantitative estimate of drug-likeness (QED) is 0.741. The summed E-state index contributed by atoms with van der Waals surface area (Å²) in [5.41, 5.74) is 1.71. The zero-order valence-electron chi connectivity index (χ0n) is 9.25. The molecule has 0 aromatic heterocycles. The lowest BCUT2D eigenvalue weighted by Crippen LogP contribution is -2.43. The van der Waals surface area contributed by atoms with Crippen LogP contribution in [-0.4, -0.2) is 25.8 Å². The summed E-state index contributed by atoms with van der Waals surface area (Å²) in [4.78, 5) is 2.16. The molecule has 2 nitrogen and oxygen atoms in total. The summed E-state index contributed by atoms with van der Waals surface area (Å²) in [5, 5.41) is 0. The molecule has 1 atom stereocenters. The van der Waals surface area contributed by atoms with E-state index in [9.17, 15) is 4.39 Å². The first-order valence-electron chi connectivity index (χ1n) is 5.40. The van der Waals surface area contributed by atoms with Crippen LogP contribution in [0.15, 0.2) is 18.2 Å². The van der Waals surface area contributed by atoms with Gasteiger partial charge in [-0.2, -0.15) is 0 Å². The molecular weight excluding hydrogens is 229 g/mol. The summed E-state index contributed by atoms with van der Waals surface area (Å²) in [6.45, 7) is 4.25. The number of anilines is 1. The normalized spacial score (nSPS) is 21.2. The Bertz CT molecular complexity index is 372. The van der Waals surface area contributed by atoms with Crippen LogP contribution in [0.3, 0.4) is 0 Å². The molecule has 1 fully saturated rings. The van der Waals surface area contributed by atoms with E-state index in [2.05, 4.69) is 11.8 Å². The molecular formula is C12H15ClFNO. The summed E-state index contributed by atoms with van der Waals surface area (Å²) in [7, 11) is 0. The zero-order chi connectivity index (χ0) is 11.5. The first kappa shape index (κ1) is 11.7. The lowest BCUT2D eigenvalue weighted by Gasteiger charge is -2.35. The molecule has 0 radical (unpaired) electrons. The average Bonchev–Trinajstić information content (AvgIpc) is 2.28. The van der Waals surface area contributed by atoms with Gasteiger partial charge in [-0.3, -0.25) is 0 Å². The SMILES string of the molecule is CC1COCCN1c1cc(F)cc(CCl)c1. The van der Waals surface area contributed by atoms with Crippen LogP contribution in [0.2, 0.25) is 0 Å². The van der Waals surface area contributed by atoms with Gasteiger partial charge in [0.15, 0.2) is 0 Å². The van der Waals surface area contributed by atoms with Crippen LogP contribution in [0.4, 0.5) is 10.1 Å². The third kappa shape index (κ3) is 2.47. The predicted octanol–water partition coefficient (Wildman–Crippen LogP) is 2.79. The van der Waals surface area contributed by atoms with Crippen molar-refractivity contribution >= 4 is 17.3 Å². The maximum Gasteiger partial charge on any atom is 0.125 e. The molecule has 1 unspecified atom stereocenters. The smallest absolute Gasteiger partial charge is 0.125 e. The minimum atomic E-state index is -0.230. The number of hydrogen-bond acceptors (Lipinski definition) is 2. The fourth-order valence-corrected chi connectivity index (χ4v) is 2.14. The van der Waals surface area contributed by atoms with Gasteiger partial charge >= 0.3 is 0 Å². The van der Waals surface area contributed by atoms with E-state index in [1.807, 2.05) is 6.07 Å². The summed E-state index contributed by atoms with van der Waals surface area (Å²) >= 11 is 5.74. The van der Waals surface area contributed by atoms with Gasteiger partial charge in [0, 0.05) is 24.2 Å². The van der Waals surface area contributed by atoms with Crippen molar-refractivity contribution in [2.24, 2.45) is 0 Å². The van der Waals surface area contributed by atoms with Crippen LogP contribution in [-0.2, 0) is 10.6 Å². The van der Waals surface area contributed by atoms with E-state index >= 15 is 0 Å². The summed E-state index contributed by atoms with van der Waals surface area (Å²) in [6.07, 6.45) is 0. The molecule has 0 amide bonds. The Balaban J connectivity index is 2.27. The van der Waals surface area contributed by atoms with Crippen LogP contribution < -0.4 is 4.90 Å². The summed E-state index contributed by atoms with van der Waals surface area (Å²) < 4.78 is 18.7. The van der Waals surface area contributed by atoms with E-state index in [4.69, 9.17) is 16.3 Å². The first-order chi connectivity index (χ1) is 7.70. The molecule has 1 heterocycles. The zero-order valence-corrected chi connectivity index (χ0v) is 10.0. The largest absolute Gasteiger partial charge is 0.377 e. The van der Waals surface area contributed by atoms with Crippen molar-refractivity contribution in [2.45, 2.75) is 18.8 Å². The standard InChI is InChI=1S/C12H15ClFNO/c1-9-8-16-3-2-15(9)12-5-10(7-13)4-11(14)6-12/h4-6,9H,2-3,7-8H2,1H3. The number of halogens is 2. The summed E-state index contributed by atoms with van der Waals surface area (Å²) in [5.74, 6) is 0.107. The van der Waals surface area contributed by atoms with E-state index in [1.54, 1.807) is 6.07 Å². The Morgan fingerprint density at radius 1 is 1.50 bits per heavy atom. The summed E-state index contributed by atoms with van der Waals surface area (Å²) in [6, 6.07) is 5.25. The first-order valence-corrected chi connectivity index (χ1v) is 5.94. The number of hydrogen-bond donors (Lipinski definition) is 0. The van der Waals surface area contributed by atoms with E-state index in [1.165, 1.54) is 6.07 Å². The molecule has 2 rings (SSSR count). The van der Waals surface area contributed by atoms with Crippen LogP contribution >= 0.6 is 11.6 Å². The Morgan fingerprint density at radius 3 is 3.00 bits per heavy atom. The van der Waals surface area contributed by atoms with Gasteiger partial charge in [0.25, 0.3) is 0 Å². The number of nitrogens with zero attached hydrogens (tertiary/aromatic N) is 1. The van der Waals surface area contributed by atoms with Gasteiger partial charge in [-0.05, 0) is 30.7 Å². The van der Waals surface area contributed by atoms with Crippen molar-refractivity contribution in [2.75, 3.05) is 24.7 Å². The van der Waals surface area contributed by atoms with E-state index in [0.717, 1.165) is 17.8 Å². The molecule has 0 N–H and O–H groups in total. The van der Waals surface area contributed by atoms with Gasteiger partial charge in [0.2, 0.25) is 0 Å². The highest BCUT2D eigenvalue weighted by molar-refractivity contribution is 6.17.